The number of nitriles is 1. The number of para-hydroxylation sites is 1. The average Bonchev–Trinajstić information content (AvgIpc) is 2.96. The quantitative estimate of drug-likeness (QED) is 0.778. The molecule has 0 aliphatic rings. The van der Waals surface area contributed by atoms with Gasteiger partial charge in [0, 0.05) is 11.8 Å². The van der Waals surface area contributed by atoms with Gasteiger partial charge in [0.05, 0.1) is 17.4 Å². The van der Waals surface area contributed by atoms with Crippen LogP contribution in [0.4, 0.5) is 5.69 Å². The number of carbonyl (C=O) groups excluding carboxylic acids is 1. The summed E-state index contributed by atoms with van der Waals surface area (Å²) in [6, 6.07) is 12.3. The molecule has 2 heterocycles. The molecule has 0 atom stereocenters. The minimum Gasteiger partial charge on any atom is -0.319 e. The maximum atomic E-state index is 12.3. The Morgan fingerprint density at radius 1 is 1.33 bits per heavy atom. The van der Waals surface area contributed by atoms with Crippen molar-refractivity contribution in [2.45, 2.75) is 6.92 Å². The van der Waals surface area contributed by atoms with Crippen molar-refractivity contribution in [3.05, 3.63) is 59.5 Å². The number of hydrogen-bond acceptors (Lipinski definition) is 4. The smallest absolute Gasteiger partial charge is 0.274 e. The number of benzene rings is 1. The number of carbonyl (C=O) groups is 1. The zero-order chi connectivity index (χ0) is 14.8. The Labute approximate surface area is 120 Å². The molecule has 0 unspecified atom stereocenters. The Kier molecular flexibility index (Phi) is 3.09. The van der Waals surface area contributed by atoms with Gasteiger partial charge in [-0.3, -0.25) is 4.79 Å². The van der Waals surface area contributed by atoms with E-state index in [9.17, 15) is 4.79 Å². The van der Waals surface area contributed by atoms with Crippen molar-refractivity contribution in [3.8, 4) is 6.07 Å². The molecule has 1 amide bonds. The van der Waals surface area contributed by atoms with Crippen LogP contribution in [0, 0.1) is 18.3 Å². The second-order valence-electron chi connectivity index (χ2n) is 4.50. The van der Waals surface area contributed by atoms with E-state index in [0.29, 0.717) is 16.9 Å². The number of aromatic nitrogens is 3. The molecular weight excluding hydrogens is 266 g/mol. The van der Waals surface area contributed by atoms with Gasteiger partial charge in [-0.15, -0.1) is 0 Å². The third-order valence-electron chi connectivity index (χ3n) is 3.07. The van der Waals surface area contributed by atoms with Crippen LogP contribution in [0.1, 0.15) is 21.7 Å². The Balaban J connectivity index is 1.96. The van der Waals surface area contributed by atoms with E-state index in [-0.39, 0.29) is 11.6 Å². The first-order valence-electron chi connectivity index (χ1n) is 6.31. The van der Waals surface area contributed by atoms with Gasteiger partial charge in [0.2, 0.25) is 0 Å². The highest BCUT2D eigenvalue weighted by Crippen LogP contribution is 2.15. The van der Waals surface area contributed by atoms with Crippen LogP contribution >= 0.6 is 0 Å². The maximum Gasteiger partial charge on any atom is 0.274 e. The molecule has 0 saturated carbocycles. The minimum atomic E-state index is -0.357. The normalized spacial score (nSPS) is 10.3. The molecule has 2 aromatic heterocycles. The third kappa shape index (κ3) is 2.32. The van der Waals surface area contributed by atoms with Gasteiger partial charge in [-0.05, 0) is 25.1 Å². The van der Waals surface area contributed by atoms with Crippen LogP contribution in [0.3, 0.4) is 0 Å². The summed E-state index contributed by atoms with van der Waals surface area (Å²) in [5, 5.41) is 15.8. The first-order valence-corrected chi connectivity index (χ1v) is 6.31. The largest absolute Gasteiger partial charge is 0.319 e. The van der Waals surface area contributed by atoms with Crippen molar-refractivity contribution in [3.63, 3.8) is 0 Å². The first kappa shape index (κ1) is 12.8. The molecule has 0 radical (unpaired) electrons. The van der Waals surface area contributed by atoms with E-state index in [2.05, 4.69) is 15.4 Å². The number of amides is 1. The van der Waals surface area contributed by atoms with Gasteiger partial charge < -0.3 is 5.32 Å². The number of aryl methyl sites for hydroxylation is 1. The summed E-state index contributed by atoms with van der Waals surface area (Å²) in [7, 11) is 0. The molecular formula is C15H11N5O. The van der Waals surface area contributed by atoms with Crippen molar-refractivity contribution >= 4 is 17.2 Å². The standard InChI is InChI=1S/C15H11N5O/c1-10-8-13(18-14-6-7-17-20(10)14)15(21)19-12-5-3-2-4-11(12)9-16/h2-8H,1H3,(H,19,21). The highest BCUT2D eigenvalue weighted by atomic mass is 16.1. The molecule has 0 bridgehead atoms. The minimum absolute atomic E-state index is 0.285. The van der Waals surface area contributed by atoms with Crippen LogP contribution in [-0.2, 0) is 0 Å². The fraction of sp³-hybridized carbons (Fsp3) is 0.0667. The van der Waals surface area contributed by atoms with Crippen molar-refractivity contribution in [2.75, 3.05) is 5.32 Å². The van der Waals surface area contributed by atoms with E-state index in [1.165, 1.54) is 0 Å². The topological polar surface area (TPSA) is 83.1 Å². The molecule has 3 aromatic rings. The highest BCUT2D eigenvalue weighted by molar-refractivity contribution is 6.03. The van der Waals surface area contributed by atoms with Crippen molar-refractivity contribution < 1.29 is 4.79 Å². The number of hydrogen-bond donors (Lipinski definition) is 1. The lowest BCUT2D eigenvalue weighted by Crippen LogP contribution is -2.16. The molecule has 1 aromatic carbocycles. The van der Waals surface area contributed by atoms with Crippen LogP contribution in [0.5, 0.6) is 0 Å². The van der Waals surface area contributed by atoms with Crippen molar-refractivity contribution in [1.82, 2.24) is 14.6 Å². The third-order valence-corrected chi connectivity index (χ3v) is 3.07. The molecule has 0 spiro atoms. The zero-order valence-electron chi connectivity index (χ0n) is 11.2. The van der Waals surface area contributed by atoms with E-state index >= 15 is 0 Å². The maximum absolute atomic E-state index is 12.3. The van der Waals surface area contributed by atoms with Crippen LogP contribution < -0.4 is 5.32 Å². The fourth-order valence-corrected chi connectivity index (χ4v) is 2.06. The monoisotopic (exact) mass is 277 g/mol. The van der Waals surface area contributed by atoms with Crippen LogP contribution in [0.25, 0.3) is 5.65 Å². The highest BCUT2D eigenvalue weighted by Gasteiger charge is 2.12. The molecule has 0 aliphatic carbocycles. The Morgan fingerprint density at radius 2 is 2.14 bits per heavy atom. The summed E-state index contributed by atoms with van der Waals surface area (Å²) in [6.45, 7) is 1.85. The van der Waals surface area contributed by atoms with Gasteiger partial charge in [0.25, 0.3) is 5.91 Å². The molecule has 102 valence electrons. The van der Waals surface area contributed by atoms with Gasteiger partial charge in [-0.25, -0.2) is 9.50 Å². The summed E-state index contributed by atoms with van der Waals surface area (Å²) in [4.78, 5) is 16.5. The van der Waals surface area contributed by atoms with Gasteiger partial charge in [0.1, 0.15) is 11.8 Å². The summed E-state index contributed by atoms with van der Waals surface area (Å²) in [5.74, 6) is -0.357. The number of fused-ring (bicyclic) bond motifs is 1. The first-order chi connectivity index (χ1) is 10.2. The lowest BCUT2D eigenvalue weighted by atomic mass is 10.2. The predicted octanol–water partition coefficient (Wildman–Crippen LogP) is 2.16. The molecule has 1 N–H and O–H groups in total. The van der Waals surface area contributed by atoms with E-state index < -0.39 is 0 Å². The number of nitrogens with one attached hydrogen (secondary N) is 1. The van der Waals surface area contributed by atoms with Crippen LogP contribution in [-0.4, -0.2) is 20.5 Å². The van der Waals surface area contributed by atoms with Gasteiger partial charge in [-0.1, -0.05) is 12.1 Å². The van der Waals surface area contributed by atoms with Gasteiger partial charge in [0.15, 0.2) is 5.65 Å². The second kappa shape index (κ2) is 5.06. The molecule has 0 fully saturated rings. The average molecular weight is 277 g/mol. The summed E-state index contributed by atoms with van der Waals surface area (Å²) in [5.41, 5.74) is 2.58. The second-order valence-corrected chi connectivity index (χ2v) is 4.50. The zero-order valence-corrected chi connectivity index (χ0v) is 11.2. The summed E-state index contributed by atoms with van der Waals surface area (Å²) in [6.07, 6.45) is 1.63. The molecule has 0 aliphatic heterocycles. The van der Waals surface area contributed by atoms with Crippen LogP contribution in [0.15, 0.2) is 42.6 Å². The summed E-state index contributed by atoms with van der Waals surface area (Å²) < 4.78 is 1.65. The van der Waals surface area contributed by atoms with Crippen molar-refractivity contribution in [1.29, 1.82) is 5.26 Å². The predicted molar refractivity (Wildman–Crippen MR) is 76.8 cm³/mol. The van der Waals surface area contributed by atoms with Crippen LogP contribution in [0.2, 0.25) is 0 Å². The molecule has 3 rings (SSSR count). The lowest BCUT2D eigenvalue weighted by Gasteiger charge is -2.07. The van der Waals surface area contributed by atoms with Gasteiger partial charge in [-0.2, -0.15) is 10.4 Å². The van der Waals surface area contributed by atoms with E-state index in [4.69, 9.17) is 5.26 Å². The Hall–Kier alpha value is -3.20. The SMILES string of the molecule is Cc1cc(C(=O)Nc2ccccc2C#N)nc2ccnn12. The summed E-state index contributed by atoms with van der Waals surface area (Å²) >= 11 is 0. The van der Waals surface area contributed by atoms with E-state index in [1.54, 1.807) is 47.1 Å². The number of rotatable bonds is 2. The lowest BCUT2D eigenvalue weighted by molar-refractivity contribution is 0.102. The molecule has 0 saturated heterocycles. The van der Waals surface area contributed by atoms with Crippen molar-refractivity contribution in [2.24, 2.45) is 0 Å². The van der Waals surface area contributed by atoms with E-state index in [0.717, 1.165) is 5.69 Å². The van der Waals surface area contributed by atoms with E-state index in [1.807, 2.05) is 13.0 Å². The molecule has 6 heteroatoms. The molecule has 21 heavy (non-hydrogen) atoms. The fourth-order valence-electron chi connectivity index (χ4n) is 2.06. The molecule has 6 nitrogen and oxygen atoms in total. The Morgan fingerprint density at radius 3 is 2.95 bits per heavy atom. The Bertz CT molecular complexity index is 875. The van der Waals surface area contributed by atoms with Gasteiger partial charge >= 0.3 is 0 Å². The number of anilines is 1. The number of nitrogens with zero attached hydrogens (tertiary/aromatic N) is 4.